The molecule has 0 atom stereocenters. The molecular weight excluding hydrogens is 366 g/mol. The monoisotopic (exact) mass is 374 g/mol. The summed E-state index contributed by atoms with van der Waals surface area (Å²) in [6.45, 7) is 0. The van der Waals surface area contributed by atoms with Crippen LogP contribution in [0.5, 0.6) is 5.88 Å². The molecule has 23 heavy (non-hydrogen) atoms. The van der Waals surface area contributed by atoms with E-state index in [1.807, 2.05) is 0 Å². The predicted molar refractivity (Wildman–Crippen MR) is 88.7 cm³/mol. The molecule has 1 aromatic carbocycles. The number of hydrogen-bond donors (Lipinski definition) is 2. The lowest BCUT2D eigenvalue weighted by Crippen LogP contribution is -2.35. The largest absolute Gasteiger partial charge is 0.481 e. The molecule has 0 aliphatic heterocycles. The van der Waals surface area contributed by atoms with Gasteiger partial charge in [-0.05, 0) is 30.4 Å². The van der Waals surface area contributed by atoms with E-state index in [2.05, 4.69) is 20.6 Å². The van der Waals surface area contributed by atoms with Gasteiger partial charge in [-0.15, -0.1) is 0 Å². The number of carbonyl (C=O) groups is 1. The van der Waals surface area contributed by atoms with Gasteiger partial charge in [-0.1, -0.05) is 23.2 Å². The first-order valence-corrected chi connectivity index (χ1v) is 7.21. The molecule has 1 aromatic heterocycles. The third-order valence-corrected chi connectivity index (χ3v) is 3.14. The second-order valence-corrected chi connectivity index (χ2v) is 5.32. The normalized spacial score (nSPS) is 10.1. The van der Waals surface area contributed by atoms with Gasteiger partial charge in [0.2, 0.25) is 11.8 Å². The number of thiocarbonyl (C=S) groups is 1. The van der Waals surface area contributed by atoms with Crippen molar-refractivity contribution < 1.29 is 13.9 Å². The van der Waals surface area contributed by atoms with E-state index in [4.69, 9.17) is 40.2 Å². The number of nitrogens with zero attached hydrogens (tertiary/aromatic N) is 2. The van der Waals surface area contributed by atoms with Crippen molar-refractivity contribution in [3.63, 3.8) is 0 Å². The molecule has 2 N–H and O–H groups in total. The van der Waals surface area contributed by atoms with Crippen LogP contribution in [0, 0.1) is 5.82 Å². The summed E-state index contributed by atoms with van der Waals surface area (Å²) in [5.74, 6) is -1.27. The maximum atomic E-state index is 13.7. The number of aromatic nitrogens is 2. The number of ether oxygens (including phenoxy) is 1. The van der Waals surface area contributed by atoms with E-state index in [0.717, 1.165) is 6.07 Å². The highest BCUT2D eigenvalue weighted by Crippen LogP contribution is 2.16. The van der Waals surface area contributed by atoms with Gasteiger partial charge in [0.15, 0.2) is 5.11 Å². The second kappa shape index (κ2) is 7.49. The summed E-state index contributed by atoms with van der Waals surface area (Å²) in [7, 11) is 1.41. The highest BCUT2D eigenvalue weighted by Gasteiger charge is 2.14. The molecule has 0 bridgehead atoms. The van der Waals surface area contributed by atoms with E-state index in [1.165, 1.54) is 25.3 Å². The minimum absolute atomic E-state index is 0.0243. The molecule has 10 heteroatoms. The highest BCUT2D eigenvalue weighted by molar-refractivity contribution is 7.80. The molecule has 0 fully saturated rings. The number of carbonyl (C=O) groups excluding carboxylic acids is 1. The first-order chi connectivity index (χ1) is 10.9. The quantitative estimate of drug-likeness (QED) is 0.635. The summed E-state index contributed by atoms with van der Waals surface area (Å²) in [6.07, 6.45) is 0. The first kappa shape index (κ1) is 17.3. The number of halogens is 3. The standard InChI is InChI=1S/C13H9Cl2FN4O2S/c1-22-10-5-9(15)17-12(18-10)20-13(23)19-11(21)7-3-2-6(14)4-8(7)16/h2-5H,1H3,(H2,17,18,19,20,21,23). The lowest BCUT2D eigenvalue weighted by Gasteiger charge is -2.10. The molecule has 0 radical (unpaired) electrons. The molecule has 1 amide bonds. The first-order valence-electron chi connectivity index (χ1n) is 6.05. The van der Waals surface area contributed by atoms with Gasteiger partial charge in [-0.2, -0.15) is 4.98 Å². The van der Waals surface area contributed by atoms with Gasteiger partial charge < -0.3 is 10.1 Å². The van der Waals surface area contributed by atoms with Crippen molar-refractivity contribution in [1.82, 2.24) is 15.3 Å². The Labute approximate surface area is 146 Å². The molecule has 0 saturated carbocycles. The number of hydrogen-bond acceptors (Lipinski definition) is 5. The molecule has 6 nitrogen and oxygen atoms in total. The molecule has 0 aliphatic carbocycles. The number of amides is 1. The Morgan fingerprint density at radius 1 is 1.30 bits per heavy atom. The number of rotatable bonds is 3. The molecule has 1 heterocycles. The Morgan fingerprint density at radius 3 is 2.70 bits per heavy atom. The highest BCUT2D eigenvalue weighted by atomic mass is 35.5. The van der Waals surface area contributed by atoms with Gasteiger partial charge in [0, 0.05) is 11.1 Å². The van der Waals surface area contributed by atoms with Crippen LogP contribution < -0.4 is 15.4 Å². The average molecular weight is 375 g/mol. The van der Waals surface area contributed by atoms with Crippen molar-refractivity contribution in [2.75, 3.05) is 12.4 Å². The Bertz CT molecular complexity index is 776. The van der Waals surface area contributed by atoms with E-state index < -0.39 is 11.7 Å². The number of nitrogens with one attached hydrogen (secondary N) is 2. The molecule has 120 valence electrons. The van der Waals surface area contributed by atoms with Crippen LogP contribution in [0.3, 0.4) is 0 Å². The minimum Gasteiger partial charge on any atom is -0.481 e. The van der Waals surface area contributed by atoms with Gasteiger partial charge >= 0.3 is 0 Å². The van der Waals surface area contributed by atoms with Gasteiger partial charge in [0.05, 0.1) is 12.7 Å². The fraction of sp³-hybridized carbons (Fsp3) is 0.0769. The third-order valence-electron chi connectivity index (χ3n) is 2.51. The van der Waals surface area contributed by atoms with Crippen LogP contribution in [-0.2, 0) is 0 Å². The molecular formula is C13H9Cl2FN4O2S. The van der Waals surface area contributed by atoms with Crippen molar-refractivity contribution in [3.05, 3.63) is 45.8 Å². The van der Waals surface area contributed by atoms with Crippen LogP contribution >= 0.6 is 35.4 Å². The van der Waals surface area contributed by atoms with E-state index in [0.29, 0.717) is 0 Å². The fourth-order valence-corrected chi connectivity index (χ4v) is 2.05. The zero-order valence-electron chi connectivity index (χ0n) is 11.6. The van der Waals surface area contributed by atoms with Crippen molar-refractivity contribution in [1.29, 1.82) is 0 Å². The topological polar surface area (TPSA) is 76.1 Å². The zero-order chi connectivity index (χ0) is 17.0. The summed E-state index contributed by atoms with van der Waals surface area (Å²) in [5, 5.41) is 5.02. The Morgan fingerprint density at radius 2 is 2.04 bits per heavy atom. The predicted octanol–water partition coefficient (Wildman–Crippen LogP) is 3.06. The maximum absolute atomic E-state index is 13.7. The smallest absolute Gasteiger partial charge is 0.260 e. The van der Waals surface area contributed by atoms with Crippen LogP contribution in [-0.4, -0.2) is 28.1 Å². The van der Waals surface area contributed by atoms with Crippen molar-refractivity contribution in [3.8, 4) is 5.88 Å². The molecule has 0 saturated heterocycles. The van der Waals surface area contributed by atoms with Crippen LogP contribution in [0.4, 0.5) is 10.3 Å². The van der Waals surface area contributed by atoms with Crippen LogP contribution in [0.15, 0.2) is 24.3 Å². The average Bonchev–Trinajstić information content (AvgIpc) is 2.45. The van der Waals surface area contributed by atoms with Gasteiger partial charge in [0.1, 0.15) is 11.0 Å². The van der Waals surface area contributed by atoms with E-state index in [9.17, 15) is 9.18 Å². The van der Waals surface area contributed by atoms with E-state index in [-0.39, 0.29) is 32.7 Å². The fourth-order valence-electron chi connectivity index (χ4n) is 1.53. The number of anilines is 1. The lowest BCUT2D eigenvalue weighted by atomic mass is 10.2. The molecule has 0 unspecified atom stereocenters. The van der Waals surface area contributed by atoms with Crippen molar-refractivity contribution in [2.45, 2.75) is 0 Å². The summed E-state index contributed by atoms with van der Waals surface area (Å²) in [6, 6.07) is 5.06. The summed E-state index contributed by atoms with van der Waals surface area (Å²) in [5.41, 5.74) is -0.205. The third kappa shape index (κ3) is 4.72. The summed E-state index contributed by atoms with van der Waals surface area (Å²) >= 11 is 16.4. The SMILES string of the molecule is COc1cc(Cl)nc(NC(=S)NC(=O)c2ccc(Cl)cc2F)n1. The number of methoxy groups -OCH3 is 1. The summed E-state index contributed by atoms with van der Waals surface area (Å²) < 4.78 is 18.6. The van der Waals surface area contributed by atoms with Crippen molar-refractivity contribution in [2.24, 2.45) is 0 Å². The Kier molecular flexibility index (Phi) is 5.64. The van der Waals surface area contributed by atoms with Crippen LogP contribution in [0.2, 0.25) is 10.2 Å². The molecule has 2 rings (SSSR count). The van der Waals surface area contributed by atoms with Gasteiger partial charge in [-0.3, -0.25) is 10.1 Å². The molecule has 0 aliphatic rings. The van der Waals surface area contributed by atoms with Gasteiger partial charge in [0.25, 0.3) is 5.91 Å². The van der Waals surface area contributed by atoms with Gasteiger partial charge in [-0.25, -0.2) is 9.37 Å². The lowest BCUT2D eigenvalue weighted by molar-refractivity contribution is 0.0974. The van der Waals surface area contributed by atoms with E-state index >= 15 is 0 Å². The van der Waals surface area contributed by atoms with E-state index in [1.54, 1.807) is 0 Å². The second-order valence-electron chi connectivity index (χ2n) is 4.09. The Balaban J connectivity index is 2.07. The molecule has 0 spiro atoms. The zero-order valence-corrected chi connectivity index (χ0v) is 13.9. The van der Waals surface area contributed by atoms with Crippen LogP contribution in [0.1, 0.15) is 10.4 Å². The number of benzene rings is 1. The summed E-state index contributed by atoms with van der Waals surface area (Å²) in [4.78, 5) is 19.8. The maximum Gasteiger partial charge on any atom is 0.260 e. The minimum atomic E-state index is -0.765. The van der Waals surface area contributed by atoms with Crippen LogP contribution in [0.25, 0.3) is 0 Å². The van der Waals surface area contributed by atoms with Crippen molar-refractivity contribution >= 4 is 52.4 Å². The Hall–Kier alpha value is -2.03. The molecule has 2 aromatic rings.